The third-order valence-electron chi connectivity index (χ3n) is 5.45. The van der Waals surface area contributed by atoms with Crippen molar-refractivity contribution in [1.29, 1.82) is 0 Å². The van der Waals surface area contributed by atoms with Crippen LogP contribution < -0.4 is 15.5 Å². The van der Waals surface area contributed by atoms with Crippen molar-refractivity contribution >= 4 is 46.1 Å². The highest BCUT2D eigenvalue weighted by atomic mass is 32.2. The van der Waals surface area contributed by atoms with Gasteiger partial charge in [-0.3, -0.25) is 4.79 Å². The number of hydrogen-bond acceptors (Lipinski definition) is 9. The fourth-order valence-electron chi connectivity index (χ4n) is 3.64. The van der Waals surface area contributed by atoms with Crippen LogP contribution >= 0.6 is 23.1 Å². The summed E-state index contributed by atoms with van der Waals surface area (Å²) < 4.78 is 16.9. The molecule has 8 nitrogen and oxygen atoms in total. The number of ether oxygens (including phenoxy) is 2. The fourth-order valence-corrected chi connectivity index (χ4v) is 4.72. The Bertz CT molecular complexity index is 1310. The van der Waals surface area contributed by atoms with E-state index in [1.165, 1.54) is 17.6 Å². The summed E-state index contributed by atoms with van der Waals surface area (Å²) in [6.45, 7) is 9.21. The van der Waals surface area contributed by atoms with Crippen molar-refractivity contribution < 1.29 is 23.5 Å². The first-order valence-corrected chi connectivity index (χ1v) is 14.5. The SMILES string of the molecule is CCCCc1cc2c(=O)c(-c3csc(C)n3)coc2cc1OC(=O)[C@@H](CCSC)NC(=O)OC(C)(C)C. The molecule has 0 fully saturated rings. The molecule has 0 spiro atoms. The van der Waals surface area contributed by atoms with Gasteiger partial charge in [-0.2, -0.15) is 11.8 Å². The lowest BCUT2D eigenvalue weighted by Gasteiger charge is -2.23. The number of alkyl carbamates (subject to hydrolysis) is 1. The molecular weight excluding hydrogens is 512 g/mol. The van der Waals surface area contributed by atoms with Crippen LogP contribution in [0.15, 0.2) is 33.0 Å². The Labute approximate surface area is 225 Å². The van der Waals surface area contributed by atoms with Crippen LogP contribution in [-0.2, 0) is 16.0 Å². The third-order valence-corrected chi connectivity index (χ3v) is 6.86. The molecule has 3 rings (SSSR count). The predicted octanol–water partition coefficient (Wildman–Crippen LogP) is 6.12. The zero-order chi connectivity index (χ0) is 27.2. The molecule has 10 heteroatoms. The van der Waals surface area contributed by atoms with Gasteiger partial charge in [0.25, 0.3) is 0 Å². The first kappa shape index (κ1) is 28.7. The second kappa shape index (κ2) is 12.6. The second-order valence-corrected chi connectivity index (χ2v) is 11.7. The molecule has 1 atom stereocenters. The highest BCUT2D eigenvalue weighted by molar-refractivity contribution is 7.98. The lowest BCUT2D eigenvalue weighted by molar-refractivity contribution is -0.136. The Morgan fingerprint density at radius 2 is 2.03 bits per heavy atom. The molecule has 200 valence electrons. The van der Waals surface area contributed by atoms with E-state index in [9.17, 15) is 14.4 Å². The molecular formula is C27H34N2O6S2. The summed E-state index contributed by atoms with van der Waals surface area (Å²) in [5, 5.41) is 5.72. The molecule has 0 saturated heterocycles. The largest absolute Gasteiger partial charge is 0.463 e. The summed E-state index contributed by atoms with van der Waals surface area (Å²) in [7, 11) is 0. The number of nitrogens with zero attached hydrogens (tertiary/aromatic N) is 1. The van der Waals surface area contributed by atoms with Crippen LogP contribution in [0.1, 0.15) is 57.5 Å². The van der Waals surface area contributed by atoms with Gasteiger partial charge in [0, 0.05) is 11.4 Å². The maximum Gasteiger partial charge on any atom is 0.408 e. The normalized spacial score (nSPS) is 12.4. The number of carbonyl (C=O) groups is 2. The second-order valence-electron chi connectivity index (χ2n) is 9.69. The molecule has 0 aliphatic carbocycles. The van der Waals surface area contributed by atoms with Gasteiger partial charge >= 0.3 is 12.1 Å². The number of unbranched alkanes of at least 4 members (excludes halogenated alkanes) is 1. The smallest absolute Gasteiger partial charge is 0.408 e. The van der Waals surface area contributed by atoms with Crippen LogP contribution in [0.2, 0.25) is 0 Å². The molecule has 1 amide bonds. The molecule has 0 bridgehead atoms. The number of carbonyl (C=O) groups excluding carboxylic acids is 2. The van der Waals surface area contributed by atoms with Crippen LogP contribution in [0.3, 0.4) is 0 Å². The number of thioether (sulfide) groups is 1. The first-order valence-electron chi connectivity index (χ1n) is 12.2. The van der Waals surface area contributed by atoms with Gasteiger partial charge in [0.1, 0.15) is 29.2 Å². The highest BCUT2D eigenvalue weighted by Crippen LogP contribution is 2.29. The van der Waals surface area contributed by atoms with E-state index in [4.69, 9.17) is 13.9 Å². The molecule has 37 heavy (non-hydrogen) atoms. The topological polar surface area (TPSA) is 108 Å². The van der Waals surface area contributed by atoms with Gasteiger partial charge in [0.2, 0.25) is 5.43 Å². The number of benzene rings is 1. The standard InChI is InChI=1S/C27H34N2O6S2/c1-7-8-9-17-12-18-23(33-14-19(24(18)30)21-15-37-16(2)28-21)13-22(17)34-25(31)20(10-11-36-6)29-26(32)35-27(3,4)5/h12-15,20H,7-11H2,1-6H3,(H,29,32)/t20-/m1/s1. The Morgan fingerprint density at radius 1 is 1.27 bits per heavy atom. The summed E-state index contributed by atoms with van der Waals surface area (Å²) in [5.74, 6) is 0.351. The van der Waals surface area contributed by atoms with Crippen molar-refractivity contribution in [3.05, 3.63) is 44.6 Å². The number of fused-ring (bicyclic) bond motifs is 1. The Balaban J connectivity index is 1.94. The Hall–Kier alpha value is -2.85. The summed E-state index contributed by atoms with van der Waals surface area (Å²) >= 11 is 3.02. The number of nitrogens with one attached hydrogen (secondary N) is 1. The molecule has 0 aliphatic heterocycles. The predicted molar refractivity (Wildman–Crippen MR) is 149 cm³/mol. The first-order chi connectivity index (χ1) is 17.5. The maximum atomic E-state index is 13.3. The zero-order valence-electron chi connectivity index (χ0n) is 22.1. The minimum Gasteiger partial charge on any atom is -0.463 e. The average Bonchev–Trinajstić information content (AvgIpc) is 3.25. The molecule has 2 heterocycles. The highest BCUT2D eigenvalue weighted by Gasteiger charge is 2.27. The van der Waals surface area contributed by atoms with E-state index >= 15 is 0 Å². The van der Waals surface area contributed by atoms with E-state index in [0.29, 0.717) is 46.6 Å². The number of amides is 1. The minimum atomic E-state index is -0.890. The van der Waals surface area contributed by atoms with Gasteiger partial charge in [0.05, 0.1) is 21.7 Å². The third kappa shape index (κ3) is 7.82. The maximum absolute atomic E-state index is 13.3. The molecule has 1 aromatic carbocycles. The van der Waals surface area contributed by atoms with Gasteiger partial charge in [0.15, 0.2) is 0 Å². The van der Waals surface area contributed by atoms with Crippen LogP contribution in [0, 0.1) is 6.92 Å². The van der Waals surface area contributed by atoms with Crippen molar-refractivity contribution in [3.63, 3.8) is 0 Å². The number of hydrogen-bond donors (Lipinski definition) is 1. The molecule has 0 radical (unpaired) electrons. The lowest BCUT2D eigenvalue weighted by atomic mass is 10.0. The minimum absolute atomic E-state index is 0.188. The van der Waals surface area contributed by atoms with E-state index in [-0.39, 0.29) is 5.43 Å². The van der Waals surface area contributed by atoms with Crippen molar-refractivity contribution in [2.24, 2.45) is 0 Å². The molecule has 3 aromatic rings. The average molecular weight is 547 g/mol. The molecule has 1 N–H and O–H groups in total. The fraction of sp³-hybridized carbons (Fsp3) is 0.481. The van der Waals surface area contributed by atoms with Crippen LogP contribution in [-0.4, -0.2) is 40.7 Å². The number of rotatable bonds is 10. The zero-order valence-corrected chi connectivity index (χ0v) is 23.8. The lowest BCUT2D eigenvalue weighted by Crippen LogP contribution is -2.45. The van der Waals surface area contributed by atoms with E-state index in [1.54, 1.807) is 44.7 Å². The monoisotopic (exact) mass is 546 g/mol. The van der Waals surface area contributed by atoms with Gasteiger partial charge in [-0.15, -0.1) is 11.3 Å². The molecule has 0 unspecified atom stereocenters. The molecule has 0 aliphatic rings. The van der Waals surface area contributed by atoms with Crippen LogP contribution in [0.5, 0.6) is 5.75 Å². The van der Waals surface area contributed by atoms with Gasteiger partial charge < -0.3 is 19.2 Å². The summed E-state index contributed by atoms with van der Waals surface area (Å²) in [5.41, 5.74) is 1.12. The molecule has 2 aromatic heterocycles. The summed E-state index contributed by atoms with van der Waals surface area (Å²) in [6.07, 6.45) is 5.39. The number of aryl methyl sites for hydroxylation is 2. The van der Waals surface area contributed by atoms with Gasteiger partial charge in [-0.1, -0.05) is 13.3 Å². The van der Waals surface area contributed by atoms with Crippen molar-refractivity contribution in [1.82, 2.24) is 10.3 Å². The van der Waals surface area contributed by atoms with Gasteiger partial charge in [-0.05, 0) is 70.6 Å². The quantitative estimate of drug-likeness (QED) is 0.239. The van der Waals surface area contributed by atoms with Crippen molar-refractivity contribution in [3.8, 4) is 17.0 Å². The van der Waals surface area contributed by atoms with E-state index in [0.717, 1.165) is 23.4 Å². The van der Waals surface area contributed by atoms with Crippen LogP contribution in [0.25, 0.3) is 22.2 Å². The molecule has 0 saturated carbocycles. The summed E-state index contributed by atoms with van der Waals surface area (Å²) in [4.78, 5) is 43.2. The van der Waals surface area contributed by atoms with E-state index < -0.39 is 23.7 Å². The Kier molecular flexibility index (Phi) is 9.78. The van der Waals surface area contributed by atoms with Gasteiger partial charge in [-0.25, -0.2) is 14.6 Å². The van der Waals surface area contributed by atoms with Crippen molar-refractivity contribution in [2.45, 2.75) is 71.9 Å². The van der Waals surface area contributed by atoms with Crippen molar-refractivity contribution in [2.75, 3.05) is 12.0 Å². The number of esters is 1. The van der Waals surface area contributed by atoms with E-state index in [1.807, 2.05) is 18.6 Å². The Morgan fingerprint density at radius 3 is 2.65 bits per heavy atom. The van der Waals surface area contributed by atoms with E-state index in [2.05, 4.69) is 17.2 Å². The summed E-state index contributed by atoms with van der Waals surface area (Å²) in [6, 6.07) is 2.43. The number of thiazole rings is 1. The number of aromatic nitrogens is 1. The van der Waals surface area contributed by atoms with Crippen LogP contribution in [0.4, 0.5) is 4.79 Å².